The first-order valence-electron chi connectivity index (χ1n) is 12.7. The van der Waals surface area contributed by atoms with E-state index in [0.717, 1.165) is 16.7 Å². The van der Waals surface area contributed by atoms with Crippen molar-refractivity contribution in [1.82, 2.24) is 10.2 Å². The van der Waals surface area contributed by atoms with Crippen LogP contribution in [0.2, 0.25) is 5.02 Å². The number of carbonyl (C=O) groups excluding carboxylic acids is 2. The van der Waals surface area contributed by atoms with Crippen LogP contribution in [0.1, 0.15) is 43.9 Å². The summed E-state index contributed by atoms with van der Waals surface area (Å²) in [6.07, 6.45) is 1.08. The summed E-state index contributed by atoms with van der Waals surface area (Å²) in [5, 5.41) is 3.64. The molecular weight excluding hydrogens is 500 g/mol. The number of nitrogens with one attached hydrogen (secondary N) is 1. The number of methoxy groups -OCH3 is 2. The molecule has 3 aromatic carbocycles. The predicted octanol–water partition coefficient (Wildman–Crippen LogP) is 5.84. The van der Waals surface area contributed by atoms with E-state index < -0.39 is 11.6 Å². The minimum Gasteiger partial charge on any atom is -0.493 e. The first-order valence-corrected chi connectivity index (χ1v) is 13.1. The first-order chi connectivity index (χ1) is 18.1. The van der Waals surface area contributed by atoms with E-state index in [0.29, 0.717) is 29.4 Å². The monoisotopic (exact) mass is 536 g/mol. The molecule has 202 valence electrons. The van der Waals surface area contributed by atoms with E-state index in [1.165, 1.54) is 0 Å². The van der Waals surface area contributed by atoms with Crippen molar-refractivity contribution in [3.63, 3.8) is 0 Å². The molecule has 0 aliphatic rings. The minimum absolute atomic E-state index is 0.135. The van der Waals surface area contributed by atoms with Gasteiger partial charge in [0.25, 0.3) is 0 Å². The lowest BCUT2D eigenvalue weighted by molar-refractivity contribution is -0.141. The maximum atomic E-state index is 13.9. The molecule has 0 radical (unpaired) electrons. The highest BCUT2D eigenvalue weighted by Crippen LogP contribution is 2.28. The average molecular weight is 537 g/mol. The lowest BCUT2D eigenvalue weighted by Crippen LogP contribution is -2.54. The van der Waals surface area contributed by atoms with Gasteiger partial charge in [0, 0.05) is 29.9 Å². The number of aryl methyl sites for hydroxylation is 1. The maximum Gasteiger partial charge on any atom is 0.243 e. The third-order valence-corrected chi connectivity index (χ3v) is 6.51. The molecule has 3 rings (SSSR count). The van der Waals surface area contributed by atoms with E-state index in [1.807, 2.05) is 87.5 Å². The zero-order chi connectivity index (χ0) is 27.7. The predicted molar refractivity (Wildman–Crippen MR) is 152 cm³/mol. The van der Waals surface area contributed by atoms with Crippen molar-refractivity contribution in [3.8, 4) is 11.5 Å². The van der Waals surface area contributed by atoms with Crippen LogP contribution in [0.3, 0.4) is 0 Å². The summed E-state index contributed by atoms with van der Waals surface area (Å²) in [4.78, 5) is 29.2. The van der Waals surface area contributed by atoms with Crippen molar-refractivity contribution in [2.24, 2.45) is 0 Å². The van der Waals surface area contributed by atoms with Crippen molar-refractivity contribution < 1.29 is 19.1 Å². The fraction of sp³-hybridized carbons (Fsp3) is 0.355. The molecule has 6 nitrogen and oxygen atoms in total. The Kier molecular flexibility index (Phi) is 10.2. The summed E-state index contributed by atoms with van der Waals surface area (Å²) in [6.45, 7) is 6.02. The van der Waals surface area contributed by atoms with Crippen LogP contribution >= 0.6 is 11.6 Å². The summed E-state index contributed by atoms with van der Waals surface area (Å²) >= 11 is 6.49. The third kappa shape index (κ3) is 8.25. The van der Waals surface area contributed by atoms with Gasteiger partial charge in [-0.2, -0.15) is 0 Å². The quantitative estimate of drug-likeness (QED) is 0.334. The number of amides is 2. The first kappa shape index (κ1) is 29.1. The zero-order valence-electron chi connectivity index (χ0n) is 22.8. The number of benzene rings is 3. The van der Waals surface area contributed by atoms with Crippen molar-refractivity contribution in [2.75, 3.05) is 14.2 Å². The molecule has 1 atom stereocenters. The molecule has 0 heterocycles. The number of rotatable bonds is 11. The summed E-state index contributed by atoms with van der Waals surface area (Å²) in [5.41, 5.74) is 2.24. The molecule has 7 heteroatoms. The summed E-state index contributed by atoms with van der Waals surface area (Å²) in [6, 6.07) is 22.1. The van der Waals surface area contributed by atoms with Crippen LogP contribution in [0.5, 0.6) is 11.5 Å². The second kappa shape index (κ2) is 13.3. The highest BCUT2D eigenvalue weighted by molar-refractivity contribution is 6.31. The molecule has 0 bridgehead atoms. The number of hydrogen-bond donors (Lipinski definition) is 1. The molecule has 0 aromatic heterocycles. The van der Waals surface area contributed by atoms with Crippen LogP contribution in [0, 0.1) is 0 Å². The zero-order valence-corrected chi connectivity index (χ0v) is 23.5. The molecule has 0 spiro atoms. The van der Waals surface area contributed by atoms with Crippen LogP contribution in [0.4, 0.5) is 0 Å². The van der Waals surface area contributed by atoms with Gasteiger partial charge in [0.1, 0.15) is 6.04 Å². The standard InChI is InChI=1S/C31H37ClN2O4/c1-31(2,3)33-30(36)26(19-22-11-7-6-8-12-22)34(21-24-13-9-10-14-25(24)32)29(35)18-16-23-15-17-27(37-4)28(20-23)38-5/h6-15,17,20,26H,16,18-19,21H2,1-5H3,(H,33,36). The number of hydrogen-bond acceptors (Lipinski definition) is 4. The van der Waals surface area contributed by atoms with Gasteiger partial charge in [-0.25, -0.2) is 0 Å². The topological polar surface area (TPSA) is 67.9 Å². The van der Waals surface area contributed by atoms with Crippen molar-refractivity contribution >= 4 is 23.4 Å². The van der Waals surface area contributed by atoms with E-state index in [1.54, 1.807) is 25.2 Å². The molecule has 38 heavy (non-hydrogen) atoms. The van der Waals surface area contributed by atoms with Crippen LogP contribution in [-0.2, 0) is 29.0 Å². The molecule has 1 N–H and O–H groups in total. The number of ether oxygens (including phenoxy) is 2. The van der Waals surface area contributed by atoms with Crippen molar-refractivity contribution in [3.05, 3.63) is 94.5 Å². The van der Waals surface area contributed by atoms with Crippen molar-refractivity contribution in [2.45, 2.75) is 58.2 Å². The van der Waals surface area contributed by atoms with Gasteiger partial charge in [-0.05, 0) is 62.1 Å². The molecule has 0 saturated heterocycles. The van der Waals surface area contributed by atoms with Gasteiger partial charge < -0.3 is 19.7 Å². The maximum absolute atomic E-state index is 13.9. The Hall–Kier alpha value is -3.51. The van der Waals surface area contributed by atoms with Crippen LogP contribution in [0.25, 0.3) is 0 Å². The number of carbonyl (C=O) groups is 2. The van der Waals surface area contributed by atoms with Crippen molar-refractivity contribution in [1.29, 1.82) is 0 Å². The van der Waals surface area contributed by atoms with Gasteiger partial charge in [0.15, 0.2) is 11.5 Å². The molecule has 0 aliphatic heterocycles. The Morgan fingerprint density at radius 1 is 0.895 bits per heavy atom. The van der Waals surface area contributed by atoms with E-state index >= 15 is 0 Å². The highest BCUT2D eigenvalue weighted by Gasteiger charge is 2.32. The fourth-order valence-electron chi connectivity index (χ4n) is 4.25. The molecule has 1 unspecified atom stereocenters. The fourth-order valence-corrected chi connectivity index (χ4v) is 4.44. The van der Waals surface area contributed by atoms with Crippen LogP contribution in [-0.4, -0.2) is 42.5 Å². The second-order valence-electron chi connectivity index (χ2n) is 10.2. The van der Waals surface area contributed by atoms with E-state index in [2.05, 4.69) is 5.32 Å². The SMILES string of the molecule is COc1ccc(CCC(=O)N(Cc2ccccc2Cl)C(Cc2ccccc2)C(=O)NC(C)(C)C)cc1OC. The smallest absolute Gasteiger partial charge is 0.243 e. The van der Waals surface area contributed by atoms with Gasteiger partial charge >= 0.3 is 0 Å². The van der Waals surface area contributed by atoms with Crippen LogP contribution in [0.15, 0.2) is 72.8 Å². The average Bonchev–Trinajstić information content (AvgIpc) is 2.89. The Morgan fingerprint density at radius 2 is 1.55 bits per heavy atom. The van der Waals surface area contributed by atoms with Gasteiger partial charge in [-0.3, -0.25) is 9.59 Å². The van der Waals surface area contributed by atoms with E-state index in [-0.39, 0.29) is 24.8 Å². The van der Waals surface area contributed by atoms with Crippen LogP contribution < -0.4 is 14.8 Å². The highest BCUT2D eigenvalue weighted by atomic mass is 35.5. The molecule has 0 saturated carbocycles. The van der Waals surface area contributed by atoms with E-state index in [4.69, 9.17) is 21.1 Å². The van der Waals surface area contributed by atoms with Gasteiger partial charge in [-0.1, -0.05) is 66.2 Å². The molecule has 0 fully saturated rings. The molecule has 2 amide bonds. The largest absolute Gasteiger partial charge is 0.493 e. The molecular formula is C31H37ClN2O4. The summed E-state index contributed by atoms with van der Waals surface area (Å²) < 4.78 is 10.7. The Morgan fingerprint density at radius 3 is 2.18 bits per heavy atom. The van der Waals surface area contributed by atoms with Gasteiger partial charge in [-0.15, -0.1) is 0 Å². The summed E-state index contributed by atoms with van der Waals surface area (Å²) in [5.74, 6) is 0.902. The normalized spacial score (nSPS) is 11.9. The molecule has 0 aliphatic carbocycles. The second-order valence-corrected chi connectivity index (χ2v) is 10.7. The number of halogens is 1. The lowest BCUT2D eigenvalue weighted by atomic mass is 9.99. The van der Waals surface area contributed by atoms with E-state index in [9.17, 15) is 9.59 Å². The molecule has 3 aromatic rings. The number of nitrogens with zero attached hydrogens (tertiary/aromatic N) is 1. The Bertz CT molecular complexity index is 1220. The Balaban J connectivity index is 1.94. The Labute approximate surface area is 230 Å². The van der Waals surface area contributed by atoms with Gasteiger partial charge in [0.2, 0.25) is 11.8 Å². The lowest BCUT2D eigenvalue weighted by Gasteiger charge is -2.34. The summed E-state index contributed by atoms with van der Waals surface area (Å²) in [7, 11) is 3.17. The third-order valence-electron chi connectivity index (χ3n) is 6.14. The van der Waals surface area contributed by atoms with Gasteiger partial charge in [0.05, 0.1) is 14.2 Å². The minimum atomic E-state index is -0.717.